The van der Waals surface area contributed by atoms with Crippen LogP contribution in [-0.2, 0) is 9.53 Å². The van der Waals surface area contributed by atoms with Crippen molar-refractivity contribution in [2.75, 3.05) is 19.7 Å². The number of unbranched alkanes of at least 4 members (excludes halogenated alkanes) is 1. The van der Waals surface area contributed by atoms with Gasteiger partial charge in [0.05, 0.1) is 5.52 Å². The Bertz CT molecular complexity index is 651. The number of benzene rings is 1. The van der Waals surface area contributed by atoms with Gasteiger partial charge in [-0.15, -0.1) is 0 Å². The van der Waals surface area contributed by atoms with Crippen molar-refractivity contribution in [2.24, 2.45) is 0 Å². The van der Waals surface area contributed by atoms with Gasteiger partial charge in [-0.05, 0) is 19.4 Å². The third kappa shape index (κ3) is 3.63. The van der Waals surface area contributed by atoms with E-state index in [-0.39, 0.29) is 18.2 Å². The fourth-order valence-electron chi connectivity index (χ4n) is 2.21. The highest BCUT2D eigenvalue weighted by atomic mass is 16.5. The first-order chi connectivity index (χ1) is 10.7. The van der Waals surface area contributed by atoms with Crippen LogP contribution < -0.4 is 0 Å². The zero-order valence-electron chi connectivity index (χ0n) is 13.0. The highest BCUT2D eigenvalue weighted by Crippen LogP contribution is 2.15. The third-order valence-electron chi connectivity index (χ3n) is 3.51. The molecule has 2 aromatic rings. The van der Waals surface area contributed by atoms with E-state index in [0.29, 0.717) is 18.5 Å². The number of hydrogen-bond donors (Lipinski definition) is 1. The number of hydrogen-bond acceptors (Lipinski definition) is 4. The van der Waals surface area contributed by atoms with Gasteiger partial charge in [0.2, 0.25) is 0 Å². The maximum atomic E-state index is 12.1. The fourth-order valence-corrected chi connectivity index (χ4v) is 2.21. The molecule has 1 N–H and O–H groups in total. The summed E-state index contributed by atoms with van der Waals surface area (Å²) in [5, 5.41) is 7.43. The van der Waals surface area contributed by atoms with Crippen molar-refractivity contribution >= 4 is 22.8 Å². The minimum absolute atomic E-state index is 0.177. The first kappa shape index (κ1) is 16.0. The molecule has 0 fully saturated rings. The Morgan fingerprint density at radius 2 is 2.05 bits per heavy atom. The molecule has 0 atom stereocenters. The molecule has 0 aliphatic heterocycles. The van der Waals surface area contributed by atoms with E-state index in [0.717, 1.165) is 18.4 Å². The number of aromatic nitrogens is 2. The predicted molar refractivity (Wildman–Crippen MR) is 83.5 cm³/mol. The van der Waals surface area contributed by atoms with Gasteiger partial charge in [0.15, 0.2) is 12.3 Å². The maximum absolute atomic E-state index is 12.1. The molecule has 0 spiro atoms. The molecule has 0 saturated heterocycles. The highest BCUT2D eigenvalue weighted by molar-refractivity contribution is 6.02. The Balaban J connectivity index is 1.96. The van der Waals surface area contributed by atoms with E-state index < -0.39 is 5.97 Å². The summed E-state index contributed by atoms with van der Waals surface area (Å²) in [5.41, 5.74) is 0.971. The van der Waals surface area contributed by atoms with Crippen LogP contribution in [0.2, 0.25) is 0 Å². The van der Waals surface area contributed by atoms with Gasteiger partial charge in [-0.1, -0.05) is 31.5 Å². The van der Waals surface area contributed by atoms with Gasteiger partial charge in [0, 0.05) is 18.5 Å². The predicted octanol–water partition coefficient (Wildman–Crippen LogP) is 2.37. The molecule has 0 unspecified atom stereocenters. The van der Waals surface area contributed by atoms with Crippen molar-refractivity contribution in [3.63, 3.8) is 0 Å². The smallest absolute Gasteiger partial charge is 0.359 e. The topological polar surface area (TPSA) is 75.3 Å². The number of fused-ring (bicyclic) bond motifs is 1. The van der Waals surface area contributed by atoms with Gasteiger partial charge in [0.25, 0.3) is 5.91 Å². The second kappa shape index (κ2) is 7.59. The molecule has 6 nitrogen and oxygen atoms in total. The van der Waals surface area contributed by atoms with Crippen LogP contribution in [0.4, 0.5) is 0 Å². The molecule has 1 aromatic carbocycles. The normalized spacial score (nSPS) is 10.6. The molecular formula is C16H21N3O3. The molecule has 0 radical (unpaired) electrons. The average Bonchev–Trinajstić information content (AvgIpc) is 2.97. The first-order valence-electron chi connectivity index (χ1n) is 7.55. The number of carbonyl (C=O) groups excluding carboxylic acids is 2. The molecular weight excluding hydrogens is 282 g/mol. The standard InChI is InChI=1S/C16H21N3O3/c1-3-5-10-19(4-2)14(20)11-22-16(21)15-12-8-6-7-9-13(12)17-18-15/h6-9H,3-5,10-11H2,1-2H3,(H,17,18). The second-order valence-corrected chi connectivity index (χ2v) is 5.02. The quantitative estimate of drug-likeness (QED) is 0.797. The van der Waals surface area contributed by atoms with Crippen LogP contribution in [0.3, 0.4) is 0 Å². The largest absolute Gasteiger partial charge is 0.451 e. The summed E-state index contributed by atoms with van der Waals surface area (Å²) < 4.78 is 5.11. The average molecular weight is 303 g/mol. The van der Waals surface area contributed by atoms with Gasteiger partial charge in [-0.2, -0.15) is 5.10 Å². The van der Waals surface area contributed by atoms with E-state index in [1.807, 2.05) is 25.1 Å². The second-order valence-electron chi connectivity index (χ2n) is 5.02. The molecule has 0 aliphatic carbocycles. The van der Waals surface area contributed by atoms with Crippen molar-refractivity contribution in [3.05, 3.63) is 30.0 Å². The van der Waals surface area contributed by atoms with Crippen LogP contribution in [-0.4, -0.2) is 46.7 Å². The Morgan fingerprint density at radius 1 is 1.27 bits per heavy atom. The van der Waals surface area contributed by atoms with Gasteiger partial charge in [-0.25, -0.2) is 4.79 Å². The Labute approximate surface area is 129 Å². The van der Waals surface area contributed by atoms with E-state index in [9.17, 15) is 9.59 Å². The van der Waals surface area contributed by atoms with Gasteiger partial charge < -0.3 is 9.64 Å². The van der Waals surface area contributed by atoms with Crippen molar-refractivity contribution in [2.45, 2.75) is 26.7 Å². The summed E-state index contributed by atoms with van der Waals surface area (Å²) in [6.07, 6.45) is 1.96. The first-order valence-corrected chi connectivity index (χ1v) is 7.55. The van der Waals surface area contributed by atoms with E-state index in [4.69, 9.17) is 4.74 Å². The van der Waals surface area contributed by atoms with Crippen LogP contribution >= 0.6 is 0 Å². The number of likely N-dealkylation sites (N-methyl/N-ethyl adjacent to an activating group) is 1. The summed E-state index contributed by atoms with van der Waals surface area (Å²) in [6, 6.07) is 7.29. The summed E-state index contributed by atoms with van der Waals surface area (Å²) in [4.78, 5) is 25.8. The van der Waals surface area contributed by atoms with Crippen molar-refractivity contribution < 1.29 is 14.3 Å². The number of esters is 1. The summed E-state index contributed by atoms with van der Waals surface area (Å²) >= 11 is 0. The lowest BCUT2D eigenvalue weighted by atomic mass is 10.2. The summed E-state index contributed by atoms with van der Waals surface area (Å²) in [7, 11) is 0. The van der Waals surface area contributed by atoms with E-state index in [1.54, 1.807) is 11.0 Å². The SMILES string of the molecule is CCCCN(CC)C(=O)COC(=O)c1n[nH]c2ccccc12. The van der Waals surface area contributed by atoms with Crippen LogP contribution in [0.15, 0.2) is 24.3 Å². The Kier molecular flexibility index (Phi) is 5.52. The molecule has 0 aliphatic rings. The molecule has 0 bridgehead atoms. The molecule has 2 rings (SSSR count). The molecule has 0 saturated carbocycles. The molecule has 6 heteroatoms. The van der Waals surface area contributed by atoms with E-state index >= 15 is 0 Å². The molecule has 22 heavy (non-hydrogen) atoms. The zero-order chi connectivity index (χ0) is 15.9. The third-order valence-corrected chi connectivity index (χ3v) is 3.51. The monoisotopic (exact) mass is 303 g/mol. The number of nitrogens with one attached hydrogen (secondary N) is 1. The highest BCUT2D eigenvalue weighted by Gasteiger charge is 2.18. The number of nitrogens with zero attached hydrogens (tertiary/aromatic N) is 2. The number of amides is 1. The lowest BCUT2D eigenvalue weighted by molar-refractivity contribution is -0.134. The lowest BCUT2D eigenvalue weighted by Crippen LogP contribution is -2.35. The van der Waals surface area contributed by atoms with Crippen LogP contribution in [0.1, 0.15) is 37.2 Å². The summed E-state index contributed by atoms with van der Waals surface area (Å²) in [5.74, 6) is -0.763. The number of para-hydroxylation sites is 1. The number of rotatable bonds is 7. The van der Waals surface area contributed by atoms with Gasteiger partial charge in [0.1, 0.15) is 0 Å². The Morgan fingerprint density at radius 3 is 2.77 bits per heavy atom. The van der Waals surface area contributed by atoms with Crippen LogP contribution in [0.5, 0.6) is 0 Å². The van der Waals surface area contributed by atoms with Crippen LogP contribution in [0, 0.1) is 0 Å². The van der Waals surface area contributed by atoms with Crippen molar-refractivity contribution in [1.29, 1.82) is 0 Å². The van der Waals surface area contributed by atoms with Crippen molar-refractivity contribution in [1.82, 2.24) is 15.1 Å². The summed E-state index contributed by atoms with van der Waals surface area (Å²) in [6.45, 7) is 5.03. The molecule has 1 heterocycles. The Hall–Kier alpha value is -2.37. The van der Waals surface area contributed by atoms with Gasteiger partial charge >= 0.3 is 5.97 Å². The minimum atomic E-state index is -0.586. The lowest BCUT2D eigenvalue weighted by Gasteiger charge is -2.20. The molecule has 1 aromatic heterocycles. The van der Waals surface area contributed by atoms with Crippen molar-refractivity contribution in [3.8, 4) is 0 Å². The molecule has 118 valence electrons. The fraction of sp³-hybridized carbons (Fsp3) is 0.438. The van der Waals surface area contributed by atoms with E-state index in [2.05, 4.69) is 17.1 Å². The zero-order valence-corrected chi connectivity index (χ0v) is 13.0. The molecule has 1 amide bonds. The van der Waals surface area contributed by atoms with E-state index in [1.165, 1.54) is 0 Å². The van der Waals surface area contributed by atoms with Crippen LogP contribution in [0.25, 0.3) is 10.9 Å². The number of H-pyrrole nitrogens is 1. The number of aromatic amines is 1. The number of carbonyl (C=O) groups is 2. The van der Waals surface area contributed by atoms with Gasteiger partial charge in [-0.3, -0.25) is 9.89 Å². The minimum Gasteiger partial charge on any atom is -0.451 e. The number of ether oxygens (including phenoxy) is 1. The maximum Gasteiger partial charge on any atom is 0.359 e.